The Kier molecular flexibility index (Phi) is 4.52. The average Bonchev–Trinajstić information content (AvgIpc) is 2.32. The molecule has 0 radical (unpaired) electrons. The summed E-state index contributed by atoms with van der Waals surface area (Å²) in [6.07, 6.45) is 3.44. The summed E-state index contributed by atoms with van der Waals surface area (Å²) in [7, 11) is 0. The molecule has 2 rings (SSSR count). The molecular formula is C15H23ClN2. The molecule has 1 heterocycles. The molecule has 0 spiro atoms. The molecule has 2 N–H and O–H groups in total. The van der Waals surface area contributed by atoms with Gasteiger partial charge in [-0.3, -0.25) is 0 Å². The van der Waals surface area contributed by atoms with Crippen molar-refractivity contribution in [3.05, 3.63) is 28.8 Å². The molecule has 0 aliphatic carbocycles. The fourth-order valence-electron chi connectivity index (χ4n) is 2.94. The third kappa shape index (κ3) is 2.99. The zero-order valence-corrected chi connectivity index (χ0v) is 12.1. The van der Waals surface area contributed by atoms with Gasteiger partial charge in [0.05, 0.1) is 0 Å². The topological polar surface area (TPSA) is 29.3 Å². The predicted octanol–water partition coefficient (Wildman–Crippen LogP) is 3.47. The molecule has 18 heavy (non-hydrogen) atoms. The molecule has 1 aromatic rings. The fourth-order valence-corrected chi connectivity index (χ4v) is 3.10. The highest BCUT2D eigenvalue weighted by Gasteiger charge is 2.24. The molecule has 0 saturated carbocycles. The van der Waals surface area contributed by atoms with E-state index in [-0.39, 0.29) is 0 Å². The molecule has 0 aromatic heterocycles. The summed E-state index contributed by atoms with van der Waals surface area (Å²) in [6.45, 7) is 6.46. The third-order valence-corrected chi connectivity index (χ3v) is 4.14. The van der Waals surface area contributed by atoms with Gasteiger partial charge in [0.25, 0.3) is 0 Å². The van der Waals surface area contributed by atoms with Gasteiger partial charge in [0, 0.05) is 23.3 Å². The van der Waals surface area contributed by atoms with E-state index in [0.717, 1.165) is 23.9 Å². The zero-order chi connectivity index (χ0) is 13.1. The van der Waals surface area contributed by atoms with Crippen LogP contribution < -0.4 is 10.6 Å². The minimum atomic E-state index is 0.587. The highest BCUT2D eigenvalue weighted by Crippen LogP contribution is 2.32. The van der Waals surface area contributed by atoms with Gasteiger partial charge < -0.3 is 10.6 Å². The largest absolute Gasteiger partial charge is 0.369 e. The van der Waals surface area contributed by atoms with E-state index in [1.54, 1.807) is 0 Å². The number of anilines is 1. The molecule has 0 bridgehead atoms. The lowest BCUT2D eigenvalue weighted by Crippen LogP contribution is -2.40. The van der Waals surface area contributed by atoms with E-state index >= 15 is 0 Å². The summed E-state index contributed by atoms with van der Waals surface area (Å²) < 4.78 is 0. The summed E-state index contributed by atoms with van der Waals surface area (Å²) >= 11 is 6.15. The normalized spacial score (nSPS) is 24.3. The summed E-state index contributed by atoms with van der Waals surface area (Å²) in [5.74, 6) is 0.827. The lowest BCUT2D eigenvalue weighted by atomic mass is 9.92. The van der Waals surface area contributed by atoms with Crippen molar-refractivity contribution in [1.82, 2.24) is 0 Å². The van der Waals surface area contributed by atoms with Gasteiger partial charge in [0.1, 0.15) is 0 Å². The van der Waals surface area contributed by atoms with Crippen molar-refractivity contribution in [2.75, 3.05) is 18.0 Å². The summed E-state index contributed by atoms with van der Waals surface area (Å²) in [5, 5.41) is 0.816. The Balaban J connectivity index is 2.28. The minimum Gasteiger partial charge on any atom is -0.369 e. The van der Waals surface area contributed by atoms with E-state index in [9.17, 15) is 0 Å². The van der Waals surface area contributed by atoms with Crippen LogP contribution in [-0.4, -0.2) is 19.1 Å². The van der Waals surface area contributed by atoms with Crippen molar-refractivity contribution in [1.29, 1.82) is 0 Å². The second kappa shape index (κ2) is 5.94. The van der Waals surface area contributed by atoms with Crippen LogP contribution in [0, 0.1) is 5.92 Å². The number of hydrogen-bond donors (Lipinski definition) is 1. The van der Waals surface area contributed by atoms with Crippen molar-refractivity contribution in [2.45, 2.75) is 39.2 Å². The zero-order valence-electron chi connectivity index (χ0n) is 11.3. The number of benzene rings is 1. The summed E-state index contributed by atoms with van der Waals surface area (Å²) in [4.78, 5) is 2.50. The molecule has 1 aliphatic rings. The molecule has 1 fully saturated rings. The van der Waals surface area contributed by atoms with Crippen molar-refractivity contribution >= 4 is 17.3 Å². The first-order valence-corrected chi connectivity index (χ1v) is 7.24. The predicted molar refractivity (Wildman–Crippen MR) is 79.4 cm³/mol. The summed E-state index contributed by atoms with van der Waals surface area (Å²) in [5.41, 5.74) is 8.31. The van der Waals surface area contributed by atoms with Crippen LogP contribution in [0.2, 0.25) is 5.02 Å². The monoisotopic (exact) mass is 266 g/mol. The van der Waals surface area contributed by atoms with Crippen LogP contribution in [0.5, 0.6) is 0 Å². The van der Waals surface area contributed by atoms with Gasteiger partial charge in [-0.2, -0.15) is 0 Å². The molecule has 1 aliphatic heterocycles. The highest BCUT2D eigenvalue weighted by atomic mass is 35.5. The van der Waals surface area contributed by atoms with Crippen LogP contribution in [0.4, 0.5) is 5.69 Å². The number of halogens is 1. The standard InChI is InChI=1S/C15H23ClN2/c1-11-6-8-18(12(2)9-11)15-10-14(16)4-3-13(15)5-7-17/h3-4,10-12H,5-9,17H2,1-2H3. The maximum atomic E-state index is 6.15. The first kappa shape index (κ1) is 13.7. The second-order valence-electron chi connectivity index (χ2n) is 5.48. The molecule has 3 heteroatoms. The van der Waals surface area contributed by atoms with Crippen LogP contribution >= 0.6 is 11.6 Å². The van der Waals surface area contributed by atoms with Crippen molar-refractivity contribution in [2.24, 2.45) is 11.7 Å². The van der Waals surface area contributed by atoms with E-state index < -0.39 is 0 Å². The Labute approximate surface area is 115 Å². The smallest absolute Gasteiger partial charge is 0.0426 e. The Bertz CT molecular complexity index is 405. The number of nitrogens with zero attached hydrogens (tertiary/aromatic N) is 1. The number of hydrogen-bond acceptors (Lipinski definition) is 2. The van der Waals surface area contributed by atoms with E-state index in [2.05, 4.69) is 30.9 Å². The molecule has 1 aromatic carbocycles. The molecular weight excluding hydrogens is 244 g/mol. The lowest BCUT2D eigenvalue weighted by molar-refractivity contribution is 0.377. The Morgan fingerprint density at radius 2 is 2.17 bits per heavy atom. The first-order chi connectivity index (χ1) is 8.61. The van der Waals surface area contributed by atoms with Crippen LogP contribution in [0.15, 0.2) is 18.2 Å². The molecule has 2 unspecified atom stereocenters. The highest BCUT2D eigenvalue weighted by molar-refractivity contribution is 6.30. The third-order valence-electron chi connectivity index (χ3n) is 3.91. The SMILES string of the molecule is CC1CCN(c2cc(Cl)ccc2CCN)C(C)C1. The van der Waals surface area contributed by atoms with E-state index in [1.807, 2.05) is 6.07 Å². The Hall–Kier alpha value is -0.730. The van der Waals surface area contributed by atoms with Gasteiger partial charge in [-0.05, 0) is 56.3 Å². The Morgan fingerprint density at radius 3 is 2.83 bits per heavy atom. The maximum absolute atomic E-state index is 6.15. The molecule has 2 atom stereocenters. The van der Waals surface area contributed by atoms with Gasteiger partial charge >= 0.3 is 0 Å². The van der Waals surface area contributed by atoms with Gasteiger partial charge in [-0.1, -0.05) is 24.6 Å². The van der Waals surface area contributed by atoms with Crippen LogP contribution in [0.25, 0.3) is 0 Å². The molecule has 0 amide bonds. The minimum absolute atomic E-state index is 0.587. The maximum Gasteiger partial charge on any atom is 0.0426 e. The lowest BCUT2D eigenvalue weighted by Gasteiger charge is -2.39. The summed E-state index contributed by atoms with van der Waals surface area (Å²) in [6, 6.07) is 6.77. The van der Waals surface area contributed by atoms with Crippen LogP contribution in [0.3, 0.4) is 0 Å². The number of rotatable bonds is 3. The van der Waals surface area contributed by atoms with Gasteiger partial charge in [-0.25, -0.2) is 0 Å². The van der Waals surface area contributed by atoms with Crippen LogP contribution in [0.1, 0.15) is 32.3 Å². The van der Waals surface area contributed by atoms with Gasteiger partial charge in [0.2, 0.25) is 0 Å². The van der Waals surface area contributed by atoms with Crippen molar-refractivity contribution in [3.8, 4) is 0 Å². The molecule has 1 saturated heterocycles. The van der Waals surface area contributed by atoms with Crippen LogP contribution in [-0.2, 0) is 6.42 Å². The number of nitrogens with two attached hydrogens (primary N) is 1. The average molecular weight is 267 g/mol. The van der Waals surface area contributed by atoms with Gasteiger partial charge in [-0.15, -0.1) is 0 Å². The first-order valence-electron chi connectivity index (χ1n) is 6.87. The Morgan fingerprint density at radius 1 is 1.39 bits per heavy atom. The van der Waals surface area contributed by atoms with E-state index in [1.165, 1.54) is 24.1 Å². The second-order valence-corrected chi connectivity index (χ2v) is 5.92. The van der Waals surface area contributed by atoms with E-state index in [4.69, 9.17) is 17.3 Å². The fraction of sp³-hybridized carbons (Fsp3) is 0.600. The molecule has 2 nitrogen and oxygen atoms in total. The van der Waals surface area contributed by atoms with Crippen molar-refractivity contribution < 1.29 is 0 Å². The van der Waals surface area contributed by atoms with Crippen molar-refractivity contribution in [3.63, 3.8) is 0 Å². The molecule has 100 valence electrons. The quantitative estimate of drug-likeness (QED) is 0.908. The van der Waals surface area contributed by atoms with E-state index in [0.29, 0.717) is 12.6 Å². The van der Waals surface area contributed by atoms with Gasteiger partial charge in [0.15, 0.2) is 0 Å². The number of piperidine rings is 1.